The highest BCUT2D eigenvalue weighted by atomic mass is 19.2. The Kier molecular flexibility index (Phi) is 3.74. The van der Waals surface area contributed by atoms with Gasteiger partial charge in [-0.2, -0.15) is 0 Å². The van der Waals surface area contributed by atoms with Gasteiger partial charge in [0.25, 0.3) is 0 Å². The summed E-state index contributed by atoms with van der Waals surface area (Å²) in [5.41, 5.74) is 1.12. The van der Waals surface area contributed by atoms with E-state index < -0.39 is 17.5 Å². The fraction of sp³-hybridized carbons (Fsp3) is 0.143. The summed E-state index contributed by atoms with van der Waals surface area (Å²) in [7, 11) is 0. The highest BCUT2D eigenvalue weighted by Gasteiger charge is 2.11. The Bertz CT molecular complexity index is 611. The van der Waals surface area contributed by atoms with Gasteiger partial charge in [-0.15, -0.1) is 0 Å². The highest BCUT2D eigenvalue weighted by molar-refractivity contribution is 5.46. The molecule has 5 heteroatoms. The van der Waals surface area contributed by atoms with Gasteiger partial charge < -0.3 is 5.32 Å². The fourth-order valence-corrected chi connectivity index (χ4v) is 1.73. The van der Waals surface area contributed by atoms with Gasteiger partial charge in [0, 0.05) is 18.7 Å². The van der Waals surface area contributed by atoms with Crippen LogP contribution in [0.15, 0.2) is 30.3 Å². The monoisotopic (exact) mass is 269 g/mol. The quantitative estimate of drug-likeness (QED) is 0.651. The van der Waals surface area contributed by atoms with E-state index in [1.54, 1.807) is 6.92 Å². The number of benzene rings is 2. The Morgan fingerprint density at radius 2 is 1.68 bits per heavy atom. The molecule has 0 unspecified atom stereocenters. The van der Waals surface area contributed by atoms with E-state index in [4.69, 9.17) is 0 Å². The van der Waals surface area contributed by atoms with Gasteiger partial charge in [0.1, 0.15) is 11.6 Å². The van der Waals surface area contributed by atoms with Gasteiger partial charge in [0.15, 0.2) is 11.6 Å². The van der Waals surface area contributed by atoms with Crippen LogP contribution >= 0.6 is 0 Å². The summed E-state index contributed by atoms with van der Waals surface area (Å²) in [6, 6.07) is 5.48. The summed E-state index contributed by atoms with van der Waals surface area (Å²) < 4.78 is 52.2. The molecule has 0 amide bonds. The van der Waals surface area contributed by atoms with Crippen LogP contribution in [0.2, 0.25) is 0 Å². The standard InChI is InChI=1S/C14H11F4N/c1-8-4-10(15)3-2-9(8)7-19-13-6-11(16)5-12(17)14(13)18/h2-6,19H,7H2,1H3. The first-order chi connectivity index (χ1) is 8.97. The minimum atomic E-state index is -1.25. The maximum Gasteiger partial charge on any atom is 0.182 e. The van der Waals surface area contributed by atoms with Crippen LogP contribution in [-0.2, 0) is 6.54 Å². The molecule has 2 aromatic carbocycles. The number of hydrogen-bond donors (Lipinski definition) is 1. The second kappa shape index (κ2) is 5.30. The van der Waals surface area contributed by atoms with Gasteiger partial charge in [0.05, 0.1) is 5.69 Å². The molecule has 0 bridgehead atoms. The summed E-state index contributed by atoms with van der Waals surface area (Å²) in [6.45, 7) is 1.84. The van der Waals surface area contributed by atoms with Crippen molar-refractivity contribution >= 4 is 5.69 Å². The van der Waals surface area contributed by atoms with Crippen LogP contribution in [0.25, 0.3) is 0 Å². The van der Waals surface area contributed by atoms with Gasteiger partial charge in [-0.25, -0.2) is 17.6 Å². The van der Waals surface area contributed by atoms with Crippen LogP contribution in [0.3, 0.4) is 0 Å². The molecular formula is C14H11F4N. The lowest BCUT2D eigenvalue weighted by Crippen LogP contribution is -2.05. The number of rotatable bonds is 3. The van der Waals surface area contributed by atoms with Crippen LogP contribution < -0.4 is 5.32 Å². The topological polar surface area (TPSA) is 12.0 Å². The summed E-state index contributed by atoms with van der Waals surface area (Å²) in [5.74, 6) is -3.62. The zero-order chi connectivity index (χ0) is 14.0. The summed E-state index contributed by atoms with van der Waals surface area (Å²) in [4.78, 5) is 0. The smallest absolute Gasteiger partial charge is 0.182 e. The molecule has 1 N–H and O–H groups in total. The molecular weight excluding hydrogens is 258 g/mol. The number of aryl methyl sites for hydroxylation is 1. The van der Waals surface area contributed by atoms with Crippen molar-refractivity contribution in [2.24, 2.45) is 0 Å². The van der Waals surface area contributed by atoms with Gasteiger partial charge in [-0.05, 0) is 30.2 Å². The van der Waals surface area contributed by atoms with Crippen LogP contribution in [0.4, 0.5) is 23.2 Å². The third-order valence-corrected chi connectivity index (χ3v) is 2.77. The zero-order valence-electron chi connectivity index (χ0n) is 10.1. The molecule has 0 fully saturated rings. The average Bonchev–Trinajstić information content (AvgIpc) is 2.33. The third-order valence-electron chi connectivity index (χ3n) is 2.77. The van der Waals surface area contributed by atoms with Crippen molar-refractivity contribution in [1.29, 1.82) is 0 Å². The van der Waals surface area contributed by atoms with Gasteiger partial charge in [0.2, 0.25) is 0 Å². The third kappa shape index (κ3) is 3.05. The molecule has 0 spiro atoms. The number of anilines is 1. The average molecular weight is 269 g/mol. The lowest BCUT2D eigenvalue weighted by atomic mass is 10.1. The van der Waals surface area contributed by atoms with Crippen LogP contribution in [-0.4, -0.2) is 0 Å². The van der Waals surface area contributed by atoms with Crippen molar-refractivity contribution in [2.45, 2.75) is 13.5 Å². The molecule has 0 heterocycles. The Hall–Kier alpha value is -2.04. The van der Waals surface area contributed by atoms with E-state index in [0.29, 0.717) is 17.2 Å². The van der Waals surface area contributed by atoms with E-state index >= 15 is 0 Å². The highest BCUT2D eigenvalue weighted by Crippen LogP contribution is 2.20. The van der Waals surface area contributed by atoms with E-state index in [-0.39, 0.29) is 18.0 Å². The van der Waals surface area contributed by atoms with Gasteiger partial charge in [-0.1, -0.05) is 6.07 Å². The minimum absolute atomic E-state index is 0.145. The van der Waals surface area contributed by atoms with E-state index in [1.807, 2.05) is 0 Å². The summed E-state index contributed by atoms with van der Waals surface area (Å²) >= 11 is 0. The molecule has 100 valence electrons. The minimum Gasteiger partial charge on any atom is -0.378 e. The lowest BCUT2D eigenvalue weighted by molar-refractivity contribution is 0.497. The Labute approximate surface area is 107 Å². The maximum absolute atomic E-state index is 13.4. The van der Waals surface area contributed by atoms with E-state index in [9.17, 15) is 17.6 Å². The Balaban J connectivity index is 2.19. The lowest BCUT2D eigenvalue weighted by Gasteiger charge is -2.10. The van der Waals surface area contributed by atoms with Crippen molar-refractivity contribution in [3.63, 3.8) is 0 Å². The largest absolute Gasteiger partial charge is 0.378 e. The van der Waals surface area contributed by atoms with Crippen molar-refractivity contribution in [3.8, 4) is 0 Å². The van der Waals surface area contributed by atoms with Crippen LogP contribution in [0, 0.1) is 30.2 Å². The van der Waals surface area contributed by atoms with Gasteiger partial charge >= 0.3 is 0 Å². The van der Waals surface area contributed by atoms with Crippen molar-refractivity contribution < 1.29 is 17.6 Å². The molecule has 0 saturated carbocycles. The normalized spacial score (nSPS) is 10.6. The van der Waals surface area contributed by atoms with Crippen molar-refractivity contribution in [2.75, 3.05) is 5.32 Å². The molecule has 1 nitrogen and oxygen atoms in total. The van der Waals surface area contributed by atoms with Crippen LogP contribution in [0.5, 0.6) is 0 Å². The van der Waals surface area contributed by atoms with Crippen molar-refractivity contribution in [1.82, 2.24) is 0 Å². The molecule has 2 rings (SSSR count). The predicted octanol–water partition coefficient (Wildman–Crippen LogP) is 4.16. The van der Waals surface area contributed by atoms with Crippen molar-refractivity contribution in [3.05, 3.63) is 64.7 Å². The molecule has 0 aliphatic heterocycles. The second-order valence-electron chi connectivity index (χ2n) is 4.17. The Morgan fingerprint density at radius 3 is 2.37 bits per heavy atom. The number of hydrogen-bond acceptors (Lipinski definition) is 1. The maximum atomic E-state index is 13.4. The first kappa shape index (κ1) is 13.4. The SMILES string of the molecule is Cc1cc(F)ccc1CNc1cc(F)cc(F)c1F. The van der Waals surface area contributed by atoms with Gasteiger partial charge in [-0.3, -0.25) is 0 Å². The zero-order valence-corrected chi connectivity index (χ0v) is 10.1. The first-order valence-electron chi connectivity index (χ1n) is 5.61. The molecule has 19 heavy (non-hydrogen) atoms. The predicted molar refractivity (Wildman–Crippen MR) is 64.8 cm³/mol. The Morgan fingerprint density at radius 1 is 0.947 bits per heavy atom. The number of nitrogens with one attached hydrogen (secondary N) is 1. The molecule has 0 radical (unpaired) electrons. The molecule has 2 aromatic rings. The molecule has 0 aromatic heterocycles. The second-order valence-corrected chi connectivity index (χ2v) is 4.17. The molecule has 0 atom stereocenters. The molecule has 0 saturated heterocycles. The van der Waals surface area contributed by atoms with E-state index in [2.05, 4.69) is 5.32 Å². The van der Waals surface area contributed by atoms with E-state index in [1.165, 1.54) is 18.2 Å². The summed E-state index contributed by atoms with van der Waals surface area (Å²) in [6.07, 6.45) is 0. The molecule has 0 aliphatic carbocycles. The fourth-order valence-electron chi connectivity index (χ4n) is 1.73. The summed E-state index contributed by atoms with van der Waals surface area (Å²) in [5, 5.41) is 2.59. The van der Waals surface area contributed by atoms with Crippen LogP contribution in [0.1, 0.15) is 11.1 Å². The van der Waals surface area contributed by atoms with E-state index in [0.717, 1.165) is 6.07 Å². The first-order valence-corrected chi connectivity index (χ1v) is 5.61. The number of halogens is 4. The molecule has 0 aliphatic rings.